The van der Waals surface area contributed by atoms with Gasteiger partial charge in [0, 0.05) is 21.9 Å². The first-order valence-electron chi connectivity index (χ1n) is 7.43. The van der Waals surface area contributed by atoms with Crippen molar-refractivity contribution in [3.63, 3.8) is 0 Å². The molecule has 0 aliphatic carbocycles. The highest BCUT2D eigenvalue weighted by atomic mass is 79.9. The van der Waals surface area contributed by atoms with Crippen LogP contribution in [0.5, 0.6) is 0 Å². The smallest absolute Gasteiger partial charge is 0.336 e. The van der Waals surface area contributed by atoms with Crippen LogP contribution in [0, 0.1) is 6.92 Å². The number of carbonyl (C=O) groups is 1. The summed E-state index contributed by atoms with van der Waals surface area (Å²) in [5.41, 5.74) is 2.06. The van der Waals surface area contributed by atoms with Gasteiger partial charge >= 0.3 is 5.97 Å². The fraction of sp³-hybridized carbons (Fsp3) is 0.0588. The fourth-order valence-corrected chi connectivity index (χ4v) is 4.49. The molecular formula is C17H14BrN3O4S. The number of nitrogens with one attached hydrogen (secondary N) is 2. The van der Waals surface area contributed by atoms with E-state index in [1.54, 1.807) is 30.6 Å². The number of benzene rings is 2. The molecule has 0 aliphatic rings. The van der Waals surface area contributed by atoms with Crippen LogP contribution >= 0.6 is 15.9 Å². The number of rotatable bonds is 5. The van der Waals surface area contributed by atoms with Gasteiger partial charge in [0.15, 0.2) is 0 Å². The Morgan fingerprint density at radius 2 is 2.00 bits per heavy atom. The van der Waals surface area contributed by atoms with E-state index in [9.17, 15) is 18.3 Å². The van der Waals surface area contributed by atoms with Gasteiger partial charge in [0.05, 0.1) is 16.7 Å². The summed E-state index contributed by atoms with van der Waals surface area (Å²) in [4.78, 5) is 11.2. The minimum Gasteiger partial charge on any atom is -0.478 e. The number of carboxylic acids is 1. The van der Waals surface area contributed by atoms with E-state index in [-0.39, 0.29) is 16.0 Å². The maximum atomic E-state index is 12.8. The van der Waals surface area contributed by atoms with Gasteiger partial charge in [-0.1, -0.05) is 28.1 Å². The second kappa shape index (κ2) is 6.93. The number of hydrogen-bond acceptors (Lipinski definition) is 4. The minimum atomic E-state index is -3.97. The van der Waals surface area contributed by atoms with E-state index in [0.29, 0.717) is 10.2 Å². The van der Waals surface area contributed by atoms with Gasteiger partial charge < -0.3 is 5.11 Å². The number of nitrogens with zero attached hydrogens (tertiary/aromatic N) is 1. The quantitative estimate of drug-likeness (QED) is 0.565. The number of carboxylic acid groups (broad SMARTS) is 1. The molecule has 0 bridgehead atoms. The molecule has 3 rings (SSSR count). The summed E-state index contributed by atoms with van der Waals surface area (Å²) in [6.45, 7) is 1.46. The third-order valence-electron chi connectivity index (χ3n) is 3.79. The maximum absolute atomic E-state index is 12.8. The Hall–Kier alpha value is -2.65. The Balaban J connectivity index is 2.01. The number of aromatic nitrogens is 2. The molecule has 0 spiro atoms. The van der Waals surface area contributed by atoms with Gasteiger partial charge in [0.25, 0.3) is 10.0 Å². The molecule has 1 aromatic heterocycles. The molecule has 0 aliphatic heterocycles. The Bertz CT molecular complexity index is 1080. The molecule has 7 nitrogen and oxygen atoms in total. The first-order chi connectivity index (χ1) is 12.3. The van der Waals surface area contributed by atoms with Gasteiger partial charge in [-0.25, -0.2) is 13.2 Å². The third kappa shape index (κ3) is 3.63. The number of aromatic carboxylic acids is 1. The number of halogens is 1. The minimum absolute atomic E-state index is 0.0769. The zero-order chi connectivity index (χ0) is 18.9. The van der Waals surface area contributed by atoms with Crippen LogP contribution in [0.25, 0.3) is 11.1 Å². The van der Waals surface area contributed by atoms with Crippen molar-refractivity contribution in [1.29, 1.82) is 0 Å². The molecule has 0 unspecified atom stereocenters. The number of aromatic amines is 1. The topological polar surface area (TPSA) is 112 Å². The van der Waals surface area contributed by atoms with Gasteiger partial charge in [-0.2, -0.15) is 5.10 Å². The molecule has 134 valence electrons. The molecule has 0 saturated carbocycles. The van der Waals surface area contributed by atoms with E-state index in [1.807, 2.05) is 6.07 Å². The van der Waals surface area contributed by atoms with Gasteiger partial charge in [-0.05, 0) is 42.3 Å². The van der Waals surface area contributed by atoms with E-state index >= 15 is 0 Å². The summed E-state index contributed by atoms with van der Waals surface area (Å²) in [7, 11) is -3.97. The molecule has 9 heteroatoms. The summed E-state index contributed by atoms with van der Waals surface area (Å²) >= 11 is 3.17. The Kier molecular flexibility index (Phi) is 4.84. The molecule has 2 aromatic carbocycles. The highest BCUT2D eigenvalue weighted by molar-refractivity contribution is 9.10. The van der Waals surface area contributed by atoms with Crippen LogP contribution in [0.15, 0.2) is 58.2 Å². The summed E-state index contributed by atoms with van der Waals surface area (Å²) in [6, 6.07) is 9.59. The molecule has 0 atom stereocenters. The van der Waals surface area contributed by atoms with Gasteiger partial charge in [0.1, 0.15) is 0 Å². The van der Waals surface area contributed by atoms with E-state index in [0.717, 1.165) is 11.1 Å². The van der Waals surface area contributed by atoms with Crippen molar-refractivity contribution >= 4 is 37.6 Å². The molecular weight excluding hydrogens is 422 g/mol. The molecule has 26 heavy (non-hydrogen) atoms. The summed E-state index contributed by atoms with van der Waals surface area (Å²) in [5.74, 6) is -1.19. The highest BCUT2D eigenvalue weighted by Gasteiger charge is 2.22. The molecule has 0 fully saturated rings. The SMILES string of the molecule is Cc1c(C(=O)O)cc(Br)cc1S(=O)(=O)Nc1cccc(-c2cn[nH]c2)c1. The van der Waals surface area contributed by atoms with Gasteiger partial charge in [0.2, 0.25) is 0 Å². The van der Waals surface area contributed by atoms with Gasteiger partial charge in [-0.15, -0.1) is 0 Å². The number of H-pyrrole nitrogens is 1. The normalized spacial score (nSPS) is 11.3. The van der Waals surface area contributed by atoms with Gasteiger partial charge in [-0.3, -0.25) is 9.82 Å². The third-order valence-corrected chi connectivity index (χ3v) is 5.76. The molecule has 0 saturated heterocycles. The molecule has 3 N–H and O–H groups in total. The number of hydrogen-bond donors (Lipinski definition) is 3. The second-order valence-corrected chi connectivity index (χ2v) is 8.12. The predicted molar refractivity (Wildman–Crippen MR) is 101 cm³/mol. The lowest BCUT2D eigenvalue weighted by molar-refractivity contribution is 0.0695. The lowest BCUT2D eigenvalue weighted by Gasteiger charge is -2.13. The van der Waals surface area contributed by atoms with Crippen molar-refractivity contribution in [3.8, 4) is 11.1 Å². The first kappa shape index (κ1) is 18.2. The number of sulfonamides is 1. The van der Waals surface area contributed by atoms with Crippen molar-refractivity contribution in [3.05, 3.63) is 64.4 Å². The Morgan fingerprint density at radius 3 is 2.65 bits per heavy atom. The largest absolute Gasteiger partial charge is 0.478 e. The van der Waals surface area contributed by atoms with Crippen molar-refractivity contribution in [2.24, 2.45) is 0 Å². The van der Waals surface area contributed by atoms with Crippen LogP contribution in [-0.2, 0) is 10.0 Å². The maximum Gasteiger partial charge on any atom is 0.336 e. The van der Waals surface area contributed by atoms with Crippen LogP contribution < -0.4 is 4.72 Å². The van der Waals surface area contributed by atoms with Crippen LogP contribution in [0.1, 0.15) is 15.9 Å². The van der Waals surface area contributed by atoms with Crippen molar-refractivity contribution in [2.75, 3.05) is 4.72 Å². The van der Waals surface area contributed by atoms with Crippen LogP contribution in [0.2, 0.25) is 0 Å². The van der Waals surface area contributed by atoms with Crippen molar-refractivity contribution in [1.82, 2.24) is 10.2 Å². The average Bonchev–Trinajstić information content (AvgIpc) is 3.10. The van der Waals surface area contributed by atoms with E-state index in [1.165, 1.54) is 19.1 Å². The molecule has 0 radical (unpaired) electrons. The van der Waals surface area contributed by atoms with Crippen molar-refractivity contribution < 1.29 is 18.3 Å². The zero-order valence-electron chi connectivity index (χ0n) is 13.5. The van der Waals surface area contributed by atoms with E-state index in [4.69, 9.17) is 0 Å². The highest BCUT2D eigenvalue weighted by Crippen LogP contribution is 2.28. The second-order valence-electron chi connectivity index (χ2n) is 5.55. The fourth-order valence-electron chi connectivity index (χ4n) is 2.54. The Labute approximate surface area is 158 Å². The van der Waals surface area contributed by atoms with Crippen LogP contribution in [-0.4, -0.2) is 29.7 Å². The zero-order valence-corrected chi connectivity index (χ0v) is 15.9. The summed E-state index contributed by atoms with van der Waals surface area (Å²) in [6.07, 6.45) is 3.33. The lowest BCUT2D eigenvalue weighted by atomic mass is 10.1. The molecule has 0 amide bonds. The van der Waals surface area contributed by atoms with Crippen LogP contribution in [0.3, 0.4) is 0 Å². The Morgan fingerprint density at radius 1 is 1.23 bits per heavy atom. The molecule has 3 aromatic rings. The molecule has 1 heterocycles. The monoisotopic (exact) mass is 435 g/mol. The predicted octanol–water partition coefficient (Wildman–Crippen LogP) is 3.65. The lowest BCUT2D eigenvalue weighted by Crippen LogP contribution is -2.16. The first-order valence-corrected chi connectivity index (χ1v) is 9.71. The average molecular weight is 436 g/mol. The standard InChI is InChI=1S/C17H14BrN3O4S/c1-10-15(17(22)23)6-13(18)7-16(10)26(24,25)21-14-4-2-3-11(5-14)12-8-19-20-9-12/h2-9,21H,1H3,(H,19,20)(H,22,23). The van der Waals surface area contributed by atoms with Crippen LogP contribution in [0.4, 0.5) is 5.69 Å². The van der Waals surface area contributed by atoms with E-state index in [2.05, 4.69) is 30.8 Å². The number of anilines is 1. The summed E-state index contributed by atoms with van der Waals surface area (Å²) in [5, 5.41) is 15.8. The summed E-state index contributed by atoms with van der Waals surface area (Å²) < 4.78 is 28.5. The van der Waals surface area contributed by atoms with E-state index < -0.39 is 16.0 Å². The van der Waals surface area contributed by atoms with Crippen molar-refractivity contribution in [2.45, 2.75) is 11.8 Å².